The second-order valence-electron chi connectivity index (χ2n) is 8.67. The van der Waals surface area contributed by atoms with Crippen LogP contribution in [0.4, 0.5) is 0 Å². The van der Waals surface area contributed by atoms with E-state index in [1.807, 2.05) is 35.2 Å². The molecule has 0 radical (unpaired) electrons. The monoisotopic (exact) mass is 509 g/mol. The van der Waals surface area contributed by atoms with Crippen molar-refractivity contribution in [3.8, 4) is 0 Å². The van der Waals surface area contributed by atoms with Crippen LogP contribution in [0.2, 0.25) is 10.3 Å². The van der Waals surface area contributed by atoms with Crippen LogP contribution in [0.5, 0.6) is 0 Å². The molecule has 0 N–H and O–H groups in total. The van der Waals surface area contributed by atoms with Crippen molar-refractivity contribution in [1.29, 1.82) is 0 Å². The molecule has 3 aromatic rings. The van der Waals surface area contributed by atoms with Crippen LogP contribution in [0, 0.1) is 12.3 Å². The molecule has 0 aliphatic carbocycles. The van der Waals surface area contributed by atoms with Gasteiger partial charge >= 0.3 is 203 Å². The third kappa shape index (κ3) is 4.71. The number of carbonyl (C=O) groups is 1. The van der Waals surface area contributed by atoms with Crippen LogP contribution in [-0.2, 0) is 16.7 Å². The summed E-state index contributed by atoms with van der Waals surface area (Å²) in [6.45, 7) is 6.89. The summed E-state index contributed by atoms with van der Waals surface area (Å²) in [7, 11) is 0. The molecular weight excluding hydrogens is 481 g/mol. The minimum absolute atomic E-state index is 0.195. The van der Waals surface area contributed by atoms with Gasteiger partial charge in [-0.1, -0.05) is 0 Å². The molecule has 3 aromatic carbocycles. The molecule has 4 rings (SSSR count). The van der Waals surface area contributed by atoms with Crippen molar-refractivity contribution in [2.45, 2.75) is 38.0 Å². The van der Waals surface area contributed by atoms with E-state index in [9.17, 15) is 4.79 Å². The summed E-state index contributed by atoms with van der Waals surface area (Å²) in [5.74, 6) is 0.195. The first-order chi connectivity index (χ1) is 15.4. The Labute approximate surface area is 202 Å². The standard InChI is InChI=1S/C28H28ClNOSe/c1-20-12-14-24(15-13-20)26-21(2)28(3,19-32-18-22-8-5-4-6-9-22)27(31)30(26)17-23-10-7-11-25(29)16-23/h4-16H,17-19H2,1-3H3. The molecule has 1 unspecified atom stereocenters. The van der Waals surface area contributed by atoms with Crippen LogP contribution in [0.3, 0.4) is 0 Å². The van der Waals surface area contributed by atoms with Gasteiger partial charge in [0.1, 0.15) is 0 Å². The molecule has 1 aliphatic rings. The number of nitrogens with zero attached hydrogens (tertiary/aromatic N) is 1. The molecule has 1 heterocycles. The van der Waals surface area contributed by atoms with Crippen LogP contribution < -0.4 is 0 Å². The molecule has 2 nitrogen and oxygen atoms in total. The Morgan fingerprint density at radius 2 is 1.59 bits per heavy atom. The van der Waals surface area contributed by atoms with Gasteiger partial charge in [-0.2, -0.15) is 0 Å². The van der Waals surface area contributed by atoms with E-state index in [4.69, 9.17) is 11.6 Å². The summed E-state index contributed by atoms with van der Waals surface area (Å²) < 4.78 is 0. The normalized spacial score (nSPS) is 18.5. The van der Waals surface area contributed by atoms with Crippen molar-refractivity contribution in [2.75, 3.05) is 0 Å². The fraction of sp³-hybridized carbons (Fsp3) is 0.250. The van der Waals surface area contributed by atoms with Crippen LogP contribution in [0.1, 0.15) is 36.1 Å². The molecule has 0 bridgehead atoms. The van der Waals surface area contributed by atoms with Gasteiger partial charge in [-0.05, 0) is 0 Å². The molecule has 1 aliphatic heterocycles. The zero-order valence-corrected chi connectivity index (χ0v) is 21.2. The topological polar surface area (TPSA) is 20.3 Å². The van der Waals surface area contributed by atoms with Crippen LogP contribution in [0.15, 0.2) is 84.4 Å². The van der Waals surface area contributed by atoms with Crippen molar-refractivity contribution in [3.05, 3.63) is 112 Å². The molecule has 4 heteroatoms. The van der Waals surface area contributed by atoms with Crippen LogP contribution in [0.25, 0.3) is 5.70 Å². The summed E-state index contributed by atoms with van der Waals surface area (Å²) in [6, 6.07) is 26.9. The zero-order chi connectivity index (χ0) is 22.7. The molecule has 32 heavy (non-hydrogen) atoms. The second-order valence-corrected chi connectivity index (χ2v) is 11.2. The Bertz CT molecular complexity index is 1140. The number of hydrogen-bond donors (Lipinski definition) is 0. The number of amides is 1. The van der Waals surface area contributed by atoms with E-state index in [0.29, 0.717) is 26.5 Å². The van der Waals surface area contributed by atoms with E-state index < -0.39 is 5.41 Å². The molecule has 0 saturated carbocycles. The first-order valence-corrected chi connectivity index (χ1v) is 13.6. The van der Waals surface area contributed by atoms with Crippen LogP contribution in [-0.4, -0.2) is 25.8 Å². The fourth-order valence-corrected chi connectivity index (χ4v) is 7.09. The van der Waals surface area contributed by atoms with Crippen molar-refractivity contribution in [3.63, 3.8) is 0 Å². The molecule has 1 atom stereocenters. The Morgan fingerprint density at radius 1 is 0.906 bits per heavy atom. The van der Waals surface area contributed by atoms with E-state index in [-0.39, 0.29) is 5.91 Å². The summed E-state index contributed by atoms with van der Waals surface area (Å²) in [5.41, 5.74) is 6.44. The third-order valence-corrected chi connectivity index (χ3v) is 9.23. The summed E-state index contributed by atoms with van der Waals surface area (Å²) in [4.78, 5) is 15.9. The van der Waals surface area contributed by atoms with Crippen molar-refractivity contribution in [1.82, 2.24) is 4.90 Å². The number of carbonyl (C=O) groups excluding carboxylic acids is 1. The summed E-state index contributed by atoms with van der Waals surface area (Å²) in [6.07, 6.45) is 0. The third-order valence-electron chi connectivity index (χ3n) is 6.23. The zero-order valence-electron chi connectivity index (χ0n) is 18.8. The average Bonchev–Trinajstić information content (AvgIpc) is 2.96. The number of aryl methyl sites for hydroxylation is 1. The maximum absolute atomic E-state index is 13.9. The molecule has 0 spiro atoms. The molecule has 1 amide bonds. The van der Waals surface area contributed by atoms with Crippen LogP contribution >= 0.6 is 11.6 Å². The minimum atomic E-state index is -0.479. The predicted molar refractivity (Wildman–Crippen MR) is 135 cm³/mol. The average molecular weight is 509 g/mol. The number of rotatable bonds is 7. The van der Waals surface area contributed by atoms with Gasteiger partial charge in [0.05, 0.1) is 0 Å². The van der Waals surface area contributed by atoms with Gasteiger partial charge in [0.25, 0.3) is 0 Å². The summed E-state index contributed by atoms with van der Waals surface area (Å²) in [5, 5.41) is 2.62. The molecule has 164 valence electrons. The Hall–Kier alpha value is -2.32. The predicted octanol–water partition coefficient (Wildman–Crippen LogP) is 6.75. The van der Waals surface area contributed by atoms with E-state index >= 15 is 0 Å². The molecule has 0 aromatic heterocycles. The van der Waals surface area contributed by atoms with Gasteiger partial charge in [-0.25, -0.2) is 0 Å². The van der Waals surface area contributed by atoms with E-state index in [1.54, 1.807) is 0 Å². The van der Waals surface area contributed by atoms with E-state index in [1.165, 1.54) is 16.7 Å². The fourth-order valence-electron chi connectivity index (χ4n) is 4.19. The number of halogens is 1. The van der Waals surface area contributed by atoms with E-state index in [0.717, 1.165) is 27.5 Å². The first kappa shape index (κ1) is 22.9. The van der Waals surface area contributed by atoms with Crippen molar-refractivity contribution >= 4 is 38.2 Å². The van der Waals surface area contributed by atoms with Crippen molar-refractivity contribution < 1.29 is 4.79 Å². The van der Waals surface area contributed by atoms with E-state index in [2.05, 4.69) is 69.3 Å². The maximum atomic E-state index is 13.9. The van der Waals surface area contributed by atoms with Gasteiger partial charge in [-0.3, -0.25) is 0 Å². The molecule has 0 fully saturated rings. The van der Waals surface area contributed by atoms with Crippen molar-refractivity contribution in [2.24, 2.45) is 5.41 Å². The van der Waals surface area contributed by atoms with Gasteiger partial charge < -0.3 is 0 Å². The SMILES string of the molecule is CC1=C(c2ccc(C)cc2)N(Cc2cccc(Cl)c2)C(=O)C1(C)C[Se]Cc1ccccc1. The first-order valence-electron chi connectivity index (χ1n) is 10.8. The second kappa shape index (κ2) is 9.67. The van der Waals surface area contributed by atoms with Gasteiger partial charge in [0, 0.05) is 0 Å². The van der Waals surface area contributed by atoms with Gasteiger partial charge in [0.2, 0.25) is 0 Å². The quantitative estimate of drug-likeness (QED) is 0.323. The van der Waals surface area contributed by atoms with Gasteiger partial charge in [-0.15, -0.1) is 0 Å². The molecule has 0 saturated heterocycles. The Balaban J connectivity index is 1.65. The number of benzene rings is 3. The molecular formula is C28H28ClNOSe. The Kier molecular flexibility index (Phi) is 6.90. The van der Waals surface area contributed by atoms with Gasteiger partial charge in [0.15, 0.2) is 0 Å². The summed E-state index contributed by atoms with van der Waals surface area (Å²) >= 11 is 6.57. The number of hydrogen-bond acceptors (Lipinski definition) is 1. The Morgan fingerprint density at radius 3 is 2.28 bits per heavy atom.